The summed E-state index contributed by atoms with van der Waals surface area (Å²) in [4.78, 5) is 13.2. The minimum Gasteiger partial charge on any atom is -0.481 e. The third-order valence-corrected chi connectivity index (χ3v) is 4.96. The van der Waals surface area contributed by atoms with Crippen LogP contribution in [0.2, 0.25) is 0 Å². The van der Waals surface area contributed by atoms with Gasteiger partial charge in [0, 0.05) is 35.1 Å². The van der Waals surface area contributed by atoms with Gasteiger partial charge in [-0.25, -0.2) is 0 Å². The number of hydrogen-bond acceptors (Lipinski definition) is 3. The van der Waals surface area contributed by atoms with Crippen molar-refractivity contribution in [3.8, 4) is 0 Å². The predicted molar refractivity (Wildman–Crippen MR) is 77.9 cm³/mol. The van der Waals surface area contributed by atoms with Gasteiger partial charge in [0.05, 0.1) is 6.42 Å². The van der Waals surface area contributed by atoms with E-state index in [2.05, 4.69) is 26.9 Å². The molecule has 0 bridgehead atoms. The van der Waals surface area contributed by atoms with Gasteiger partial charge in [0.1, 0.15) is 0 Å². The second-order valence-corrected chi connectivity index (χ2v) is 6.39. The summed E-state index contributed by atoms with van der Waals surface area (Å²) in [7, 11) is 0. The van der Waals surface area contributed by atoms with Crippen molar-refractivity contribution in [2.75, 3.05) is 18.1 Å². The Balaban J connectivity index is 2.05. The summed E-state index contributed by atoms with van der Waals surface area (Å²) in [6, 6.07) is 8.27. The van der Waals surface area contributed by atoms with E-state index in [1.54, 1.807) is 0 Å². The monoisotopic (exact) mass is 329 g/mol. The fraction of sp³-hybridized carbons (Fsp3) is 0.462. The molecule has 98 valence electrons. The molecule has 18 heavy (non-hydrogen) atoms. The van der Waals surface area contributed by atoms with Crippen LogP contribution in [0.1, 0.15) is 12.0 Å². The zero-order valence-corrected chi connectivity index (χ0v) is 12.4. The fourth-order valence-electron chi connectivity index (χ4n) is 2.13. The summed E-state index contributed by atoms with van der Waals surface area (Å²) in [5.74, 6) is 1.29. The number of carboxylic acid groups (broad SMARTS) is 1. The molecule has 1 fully saturated rings. The van der Waals surface area contributed by atoms with Crippen LogP contribution in [-0.4, -0.2) is 40.1 Å². The molecule has 0 saturated carbocycles. The average molecular weight is 330 g/mol. The standard InChI is InChI=1S/C13H16BrNO2S/c14-12-4-2-1-3-10(12)8-15-5-6-18-9-11(15)7-13(16)17/h1-4,11H,5-9H2,(H,16,17). The third kappa shape index (κ3) is 3.73. The van der Waals surface area contributed by atoms with Gasteiger partial charge in [-0.1, -0.05) is 34.1 Å². The molecular formula is C13H16BrNO2S. The number of rotatable bonds is 4. The van der Waals surface area contributed by atoms with E-state index in [0.717, 1.165) is 29.1 Å². The number of benzene rings is 1. The molecule has 1 unspecified atom stereocenters. The number of halogens is 1. The highest BCUT2D eigenvalue weighted by Crippen LogP contribution is 2.24. The van der Waals surface area contributed by atoms with Gasteiger partial charge < -0.3 is 5.11 Å². The van der Waals surface area contributed by atoms with E-state index in [4.69, 9.17) is 5.11 Å². The largest absolute Gasteiger partial charge is 0.481 e. The van der Waals surface area contributed by atoms with Gasteiger partial charge in [-0.05, 0) is 11.6 Å². The second kappa shape index (κ2) is 6.59. The molecule has 1 aliphatic rings. The molecule has 1 aliphatic heterocycles. The molecule has 1 aromatic rings. The number of thioether (sulfide) groups is 1. The molecule has 1 saturated heterocycles. The van der Waals surface area contributed by atoms with Gasteiger partial charge in [-0.3, -0.25) is 9.69 Å². The van der Waals surface area contributed by atoms with E-state index in [-0.39, 0.29) is 12.5 Å². The molecule has 0 amide bonds. The van der Waals surface area contributed by atoms with Crippen molar-refractivity contribution in [1.29, 1.82) is 0 Å². The number of carbonyl (C=O) groups is 1. The molecular weight excluding hydrogens is 314 g/mol. The SMILES string of the molecule is O=C(O)CC1CSCCN1Cc1ccccc1Br. The molecule has 1 atom stereocenters. The van der Waals surface area contributed by atoms with Crippen molar-refractivity contribution in [3.05, 3.63) is 34.3 Å². The van der Waals surface area contributed by atoms with Gasteiger partial charge >= 0.3 is 5.97 Å². The first-order chi connectivity index (χ1) is 8.66. The highest BCUT2D eigenvalue weighted by atomic mass is 79.9. The van der Waals surface area contributed by atoms with E-state index in [1.165, 1.54) is 5.56 Å². The second-order valence-electron chi connectivity index (χ2n) is 4.39. The molecule has 1 N–H and O–H groups in total. The van der Waals surface area contributed by atoms with E-state index in [0.29, 0.717) is 0 Å². The molecule has 2 rings (SSSR count). The average Bonchev–Trinajstić information content (AvgIpc) is 2.34. The van der Waals surface area contributed by atoms with Crippen molar-refractivity contribution in [2.45, 2.75) is 19.0 Å². The zero-order valence-electron chi connectivity index (χ0n) is 10.0. The van der Waals surface area contributed by atoms with Crippen LogP contribution in [0.5, 0.6) is 0 Å². The van der Waals surface area contributed by atoms with E-state index in [9.17, 15) is 4.79 Å². The summed E-state index contributed by atoms with van der Waals surface area (Å²) >= 11 is 5.39. The smallest absolute Gasteiger partial charge is 0.304 e. The van der Waals surface area contributed by atoms with Crippen LogP contribution < -0.4 is 0 Å². The molecule has 5 heteroatoms. The summed E-state index contributed by atoms with van der Waals surface area (Å²) in [5.41, 5.74) is 1.22. The Kier molecular flexibility index (Phi) is 5.09. The van der Waals surface area contributed by atoms with E-state index >= 15 is 0 Å². The quantitative estimate of drug-likeness (QED) is 0.922. The fourth-order valence-corrected chi connectivity index (χ4v) is 3.67. The lowest BCUT2D eigenvalue weighted by Gasteiger charge is -2.34. The topological polar surface area (TPSA) is 40.5 Å². The number of carboxylic acids is 1. The highest BCUT2D eigenvalue weighted by Gasteiger charge is 2.25. The molecule has 0 aliphatic carbocycles. The van der Waals surface area contributed by atoms with Gasteiger partial charge in [-0.15, -0.1) is 0 Å². The van der Waals surface area contributed by atoms with Crippen LogP contribution in [0.15, 0.2) is 28.7 Å². The van der Waals surface area contributed by atoms with Crippen molar-refractivity contribution in [2.24, 2.45) is 0 Å². The first-order valence-electron chi connectivity index (χ1n) is 5.94. The van der Waals surface area contributed by atoms with Gasteiger partial charge in [0.2, 0.25) is 0 Å². The first kappa shape index (κ1) is 13.9. The summed E-state index contributed by atoms with van der Waals surface area (Å²) < 4.78 is 1.09. The minimum atomic E-state index is -0.709. The maximum Gasteiger partial charge on any atom is 0.304 e. The highest BCUT2D eigenvalue weighted by molar-refractivity contribution is 9.10. The zero-order chi connectivity index (χ0) is 13.0. The Hall–Kier alpha value is -0.520. The Labute approximate surface area is 120 Å². The Morgan fingerprint density at radius 2 is 2.28 bits per heavy atom. The van der Waals surface area contributed by atoms with E-state index in [1.807, 2.05) is 30.0 Å². The maximum atomic E-state index is 10.9. The maximum absolute atomic E-state index is 10.9. The predicted octanol–water partition coefficient (Wildman–Crippen LogP) is 2.84. The van der Waals surface area contributed by atoms with Crippen LogP contribution >= 0.6 is 27.7 Å². The normalized spacial score (nSPS) is 20.8. The van der Waals surface area contributed by atoms with Crippen LogP contribution in [0.3, 0.4) is 0 Å². The number of nitrogens with zero attached hydrogens (tertiary/aromatic N) is 1. The lowest BCUT2D eigenvalue weighted by Crippen LogP contribution is -2.43. The number of hydrogen-bond donors (Lipinski definition) is 1. The Bertz CT molecular complexity index is 427. The molecule has 0 aromatic heterocycles. The lowest BCUT2D eigenvalue weighted by atomic mass is 10.1. The molecule has 0 spiro atoms. The van der Waals surface area contributed by atoms with Gasteiger partial charge in [0.15, 0.2) is 0 Å². The Morgan fingerprint density at radius 3 is 3.00 bits per heavy atom. The van der Waals surface area contributed by atoms with Gasteiger partial charge in [-0.2, -0.15) is 11.8 Å². The summed E-state index contributed by atoms with van der Waals surface area (Å²) in [6.07, 6.45) is 0.234. The molecule has 1 aromatic carbocycles. The first-order valence-corrected chi connectivity index (χ1v) is 7.88. The number of aliphatic carboxylic acids is 1. The van der Waals surface area contributed by atoms with Crippen molar-refractivity contribution >= 4 is 33.7 Å². The van der Waals surface area contributed by atoms with Crippen molar-refractivity contribution in [3.63, 3.8) is 0 Å². The van der Waals surface area contributed by atoms with Crippen molar-refractivity contribution in [1.82, 2.24) is 4.90 Å². The summed E-state index contributed by atoms with van der Waals surface area (Å²) in [5, 5.41) is 8.96. The molecule has 0 radical (unpaired) electrons. The Morgan fingerprint density at radius 1 is 1.50 bits per heavy atom. The van der Waals surface area contributed by atoms with Crippen LogP contribution in [0.25, 0.3) is 0 Å². The lowest BCUT2D eigenvalue weighted by molar-refractivity contribution is -0.138. The van der Waals surface area contributed by atoms with Gasteiger partial charge in [0.25, 0.3) is 0 Å². The van der Waals surface area contributed by atoms with Crippen LogP contribution in [-0.2, 0) is 11.3 Å². The third-order valence-electron chi connectivity index (χ3n) is 3.09. The van der Waals surface area contributed by atoms with E-state index < -0.39 is 5.97 Å². The minimum absolute atomic E-state index is 0.147. The summed E-state index contributed by atoms with van der Waals surface area (Å²) in [6.45, 7) is 1.78. The molecule has 1 heterocycles. The van der Waals surface area contributed by atoms with Crippen LogP contribution in [0, 0.1) is 0 Å². The van der Waals surface area contributed by atoms with Crippen LogP contribution in [0.4, 0.5) is 0 Å². The molecule has 3 nitrogen and oxygen atoms in total. The van der Waals surface area contributed by atoms with Crippen molar-refractivity contribution < 1.29 is 9.90 Å².